The van der Waals surface area contributed by atoms with Gasteiger partial charge < -0.3 is 37.5 Å². The molecule has 9 N–H and O–H groups in total. The van der Waals surface area contributed by atoms with E-state index < -0.39 is 60.2 Å². The zero-order valence-corrected chi connectivity index (χ0v) is 21.3. The van der Waals surface area contributed by atoms with Gasteiger partial charge >= 0.3 is 5.97 Å². The molecule has 0 spiro atoms. The van der Waals surface area contributed by atoms with Gasteiger partial charge in [0, 0.05) is 24.7 Å². The van der Waals surface area contributed by atoms with Crippen LogP contribution in [0.5, 0.6) is 0 Å². The Morgan fingerprint density at radius 3 is 2.13 bits per heavy atom. The third-order valence-corrected chi connectivity index (χ3v) is 6.06. The Hall–Kier alpha value is -4.26. The number of aliphatic carboxylic acids is 1. The van der Waals surface area contributed by atoms with Gasteiger partial charge in [-0.3, -0.25) is 19.2 Å². The predicted molar refractivity (Wildman–Crippen MR) is 137 cm³/mol. The van der Waals surface area contributed by atoms with Crippen LogP contribution in [0.3, 0.4) is 0 Å². The van der Waals surface area contributed by atoms with E-state index in [9.17, 15) is 29.1 Å². The smallest absolute Gasteiger partial charge is 0.326 e. The number of carboxylic acid groups (broad SMARTS) is 1. The van der Waals surface area contributed by atoms with Gasteiger partial charge in [0.05, 0.1) is 18.8 Å². The molecule has 0 saturated heterocycles. The summed E-state index contributed by atoms with van der Waals surface area (Å²) in [5, 5.41) is 17.3. The lowest BCUT2D eigenvalue weighted by atomic mass is 9.98. The summed E-state index contributed by atoms with van der Waals surface area (Å²) < 4.78 is 0. The molecule has 0 aliphatic rings. The summed E-state index contributed by atoms with van der Waals surface area (Å²) in [5.74, 6) is -4.52. The molecule has 0 aliphatic carbocycles. The van der Waals surface area contributed by atoms with Crippen molar-refractivity contribution < 1.29 is 29.1 Å². The van der Waals surface area contributed by atoms with Crippen molar-refractivity contribution in [2.24, 2.45) is 17.4 Å². The van der Waals surface area contributed by atoms with E-state index in [2.05, 4.69) is 25.9 Å². The summed E-state index contributed by atoms with van der Waals surface area (Å²) in [6.45, 7) is 3.51. The van der Waals surface area contributed by atoms with Crippen molar-refractivity contribution in [2.45, 2.75) is 63.7 Å². The van der Waals surface area contributed by atoms with Crippen molar-refractivity contribution in [1.29, 1.82) is 0 Å². The number of rotatable bonds is 15. The van der Waals surface area contributed by atoms with Crippen LogP contribution in [-0.4, -0.2) is 68.8 Å². The van der Waals surface area contributed by atoms with E-state index in [1.54, 1.807) is 37.3 Å². The molecule has 1 heterocycles. The Labute approximate surface area is 220 Å². The number of imidazole rings is 1. The molecular weight excluding hydrogens is 494 g/mol. The van der Waals surface area contributed by atoms with Gasteiger partial charge in [-0.05, 0) is 11.5 Å². The highest BCUT2D eigenvalue weighted by molar-refractivity contribution is 5.95. The van der Waals surface area contributed by atoms with Gasteiger partial charge in [0.25, 0.3) is 0 Å². The molecule has 0 aliphatic heterocycles. The summed E-state index contributed by atoms with van der Waals surface area (Å²) in [4.78, 5) is 68.9. The summed E-state index contributed by atoms with van der Waals surface area (Å²) in [6, 6.07) is 4.08. The lowest BCUT2D eigenvalue weighted by Gasteiger charge is -2.26. The van der Waals surface area contributed by atoms with Gasteiger partial charge in [0.1, 0.15) is 18.1 Å². The molecular formula is C25H35N7O6. The maximum Gasteiger partial charge on any atom is 0.326 e. The number of nitrogens with two attached hydrogens (primary N) is 2. The zero-order valence-electron chi connectivity index (χ0n) is 21.3. The van der Waals surface area contributed by atoms with Crippen molar-refractivity contribution in [1.82, 2.24) is 25.9 Å². The third kappa shape index (κ3) is 9.32. The average Bonchev–Trinajstić information content (AvgIpc) is 3.39. The van der Waals surface area contributed by atoms with E-state index in [1.807, 2.05) is 6.92 Å². The van der Waals surface area contributed by atoms with Crippen LogP contribution in [0, 0.1) is 5.92 Å². The van der Waals surface area contributed by atoms with Gasteiger partial charge in [-0.25, -0.2) is 9.78 Å². The quantitative estimate of drug-likeness (QED) is 0.151. The number of carboxylic acids is 1. The average molecular weight is 530 g/mol. The van der Waals surface area contributed by atoms with E-state index in [0.29, 0.717) is 12.1 Å². The van der Waals surface area contributed by atoms with Crippen LogP contribution in [0.4, 0.5) is 0 Å². The third-order valence-electron chi connectivity index (χ3n) is 6.06. The van der Waals surface area contributed by atoms with Crippen LogP contribution < -0.4 is 27.4 Å². The van der Waals surface area contributed by atoms with Crippen molar-refractivity contribution in [2.75, 3.05) is 0 Å². The molecule has 0 fully saturated rings. The molecule has 2 rings (SSSR count). The molecule has 0 radical (unpaired) electrons. The number of carbonyl (C=O) groups is 5. The van der Waals surface area contributed by atoms with E-state index in [-0.39, 0.29) is 18.8 Å². The van der Waals surface area contributed by atoms with Crippen molar-refractivity contribution in [3.05, 3.63) is 54.1 Å². The molecule has 13 nitrogen and oxygen atoms in total. The Balaban J connectivity index is 2.29. The SMILES string of the molecule is CCC(C)C(NC(=O)C(Cc1ccccc1)NC(=O)C(Cc1cnc[nH]1)NC(=O)C(N)CC(N)=O)C(=O)O. The number of amides is 4. The summed E-state index contributed by atoms with van der Waals surface area (Å²) in [6.07, 6.45) is 3.00. The fraction of sp³-hybridized carbons (Fsp3) is 0.440. The first-order valence-electron chi connectivity index (χ1n) is 12.2. The highest BCUT2D eigenvalue weighted by Crippen LogP contribution is 2.10. The van der Waals surface area contributed by atoms with Crippen molar-refractivity contribution >= 4 is 29.6 Å². The zero-order chi connectivity index (χ0) is 28.2. The number of nitrogens with one attached hydrogen (secondary N) is 4. The molecule has 206 valence electrons. The number of hydrogen-bond acceptors (Lipinski definition) is 7. The molecule has 1 aromatic heterocycles. The summed E-state index contributed by atoms with van der Waals surface area (Å²) in [7, 11) is 0. The van der Waals surface area contributed by atoms with Crippen LogP contribution in [-0.2, 0) is 36.8 Å². The topological polar surface area (TPSA) is 222 Å². The standard InChI is InChI=1S/C25H35N7O6/c1-3-14(2)21(25(37)38)32-24(36)18(9-15-7-5-4-6-8-15)31-23(35)19(10-16-12-28-13-29-16)30-22(34)17(26)11-20(27)33/h4-8,12-14,17-19,21H,3,9-11,26H2,1-2H3,(H2,27,33)(H,28,29)(H,30,34)(H,31,35)(H,32,36)(H,37,38). The molecule has 5 unspecified atom stereocenters. The minimum atomic E-state index is -1.28. The fourth-order valence-electron chi connectivity index (χ4n) is 3.68. The first-order valence-corrected chi connectivity index (χ1v) is 12.2. The normalized spacial score (nSPS) is 14.8. The number of aromatic nitrogens is 2. The second-order valence-electron chi connectivity index (χ2n) is 9.08. The van der Waals surface area contributed by atoms with E-state index in [1.165, 1.54) is 12.5 Å². The lowest BCUT2D eigenvalue weighted by Crippen LogP contribution is -2.58. The van der Waals surface area contributed by atoms with E-state index >= 15 is 0 Å². The molecule has 1 aromatic carbocycles. The van der Waals surface area contributed by atoms with Crippen LogP contribution in [0.1, 0.15) is 37.9 Å². The fourth-order valence-corrected chi connectivity index (χ4v) is 3.68. The molecule has 0 saturated carbocycles. The van der Waals surface area contributed by atoms with Gasteiger partial charge in [-0.1, -0.05) is 50.6 Å². The second-order valence-corrected chi connectivity index (χ2v) is 9.08. The van der Waals surface area contributed by atoms with Crippen molar-refractivity contribution in [3.8, 4) is 0 Å². The van der Waals surface area contributed by atoms with Gasteiger partial charge in [0.15, 0.2) is 0 Å². The minimum absolute atomic E-state index is 0.0227. The lowest BCUT2D eigenvalue weighted by molar-refractivity contribution is -0.143. The van der Waals surface area contributed by atoms with Crippen molar-refractivity contribution in [3.63, 3.8) is 0 Å². The molecule has 2 aromatic rings. The predicted octanol–water partition coefficient (Wildman–Crippen LogP) is -1.02. The number of primary amides is 1. The van der Waals surface area contributed by atoms with Gasteiger partial charge in [-0.2, -0.15) is 0 Å². The van der Waals surface area contributed by atoms with Gasteiger partial charge in [-0.15, -0.1) is 0 Å². The van der Waals surface area contributed by atoms with Crippen LogP contribution in [0.2, 0.25) is 0 Å². The number of hydrogen-bond donors (Lipinski definition) is 7. The Kier molecular flexibility index (Phi) is 11.4. The first-order chi connectivity index (χ1) is 18.0. The first kappa shape index (κ1) is 30.0. The highest BCUT2D eigenvalue weighted by Gasteiger charge is 2.32. The molecule has 0 bridgehead atoms. The molecule has 38 heavy (non-hydrogen) atoms. The summed E-state index contributed by atoms with van der Waals surface area (Å²) in [5.41, 5.74) is 12.1. The minimum Gasteiger partial charge on any atom is -0.480 e. The molecule has 13 heteroatoms. The van der Waals surface area contributed by atoms with E-state index in [0.717, 1.165) is 5.56 Å². The van der Waals surface area contributed by atoms with Crippen LogP contribution in [0.25, 0.3) is 0 Å². The maximum absolute atomic E-state index is 13.4. The van der Waals surface area contributed by atoms with Gasteiger partial charge in [0.2, 0.25) is 23.6 Å². The number of nitrogens with zero attached hydrogens (tertiary/aromatic N) is 1. The van der Waals surface area contributed by atoms with E-state index in [4.69, 9.17) is 11.5 Å². The molecule has 5 atom stereocenters. The second kappa shape index (κ2) is 14.5. The Morgan fingerprint density at radius 2 is 1.58 bits per heavy atom. The molecule has 4 amide bonds. The Bertz CT molecular complexity index is 1090. The number of benzene rings is 1. The monoisotopic (exact) mass is 529 g/mol. The van der Waals surface area contributed by atoms with Crippen LogP contribution >= 0.6 is 0 Å². The highest BCUT2D eigenvalue weighted by atomic mass is 16.4. The summed E-state index contributed by atoms with van der Waals surface area (Å²) >= 11 is 0. The maximum atomic E-state index is 13.4. The number of H-pyrrole nitrogens is 1. The largest absolute Gasteiger partial charge is 0.480 e. The van der Waals surface area contributed by atoms with Crippen LogP contribution in [0.15, 0.2) is 42.9 Å². The number of carbonyl (C=O) groups excluding carboxylic acids is 4. The number of aromatic amines is 1. The Morgan fingerprint density at radius 1 is 0.974 bits per heavy atom.